The normalized spacial score (nSPS) is 19.1. The van der Waals surface area contributed by atoms with E-state index in [1.807, 2.05) is 0 Å². The molecule has 3 heteroatoms. The lowest BCUT2D eigenvalue weighted by Gasteiger charge is -2.39. The molecular formula is C14H30N2O. The Hall–Kier alpha value is -0.120. The lowest BCUT2D eigenvalue weighted by Crippen LogP contribution is -2.59. The third-order valence-electron chi connectivity index (χ3n) is 3.10. The van der Waals surface area contributed by atoms with E-state index in [0.29, 0.717) is 0 Å². The van der Waals surface area contributed by atoms with Crippen LogP contribution in [0, 0.1) is 11.8 Å². The van der Waals surface area contributed by atoms with E-state index in [1.165, 1.54) is 13.1 Å². The maximum absolute atomic E-state index is 5.95. The molecule has 1 aliphatic heterocycles. The monoisotopic (exact) mass is 242 g/mol. The minimum absolute atomic E-state index is 0.0985. The van der Waals surface area contributed by atoms with Crippen molar-refractivity contribution in [2.75, 3.05) is 39.3 Å². The molecule has 0 aromatic rings. The molecule has 102 valence electrons. The lowest BCUT2D eigenvalue weighted by molar-refractivity contribution is -0.0730. The first-order valence-electron chi connectivity index (χ1n) is 6.98. The molecule has 0 atom stereocenters. The van der Waals surface area contributed by atoms with Crippen LogP contribution in [0.25, 0.3) is 0 Å². The highest BCUT2D eigenvalue weighted by Crippen LogP contribution is 2.15. The summed E-state index contributed by atoms with van der Waals surface area (Å²) in [4.78, 5) is 2.53. The maximum atomic E-state index is 5.95. The summed E-state index contributed by atoms with van der Waals surface area (Å²) in [5.41, 5.74) is 0.0985. The molecule has 1 fully saturated rings. The maximum Gasteiger partial charge on any atom is 0.0902 e. The molecule has 0 aromatic carbocycles. The number of hydrogen-bond acceptors (Lipinski definition) is 3. The van der Waals surface area contributed by atoms with Gasteiger partial charge in [-0.05, 0) is 18.8 Å². The number of nitrogens with zero attached hydrogens (tertiary/aromatic N) is 1. The fourth-order valence-corrected chi connectivity index (χ4v) is 2.29. The Kier molecular flexibility index (Phi) is 5.90. The largest absolute Gasteiger partial charge is 0.371 e. The average Bonchev–Trinajstić information content (AvgIpc) is 2.12. The summed E-state index contributed by atoms with van der Waals surface area (Å²) < 4.78 is 5.95. The second-order valence-electron chi connectivity index (χ2n) is 6.45. The van der Waals surface area contributed by atoms with Gasteiger partial charge in [0.15, 0.2) is 0 Å². The Balaban J connectivity index is 2.22. The molecule has 0 unspecified atom stereocenters. The van der Waals surface area contributed by atoms with Crippen molar-refractivity contribution < 1.29 is 4.74 Å². The van der Waals surface area contributed by atoms with Crippen molar-refractivity contribution in [3.8, 4) is 0 Å². The zero-order valence-corrected chi connectivity index (χ0v) is 12.3. The smallest absolute Gasteiger partial charge is 0.0902 e. The van der Waals surface area contributed by atoms with Gasteiger partial charge >= 0.3 is 0 Å². The van der Waals surface area contributed by atoms with Gasteiger partial charge in [0.2, 0.25) is 0 Å². The fraction of sp³-hybridized carbons (Fsp3) is 1.00. The molecule has 1 N–H and O–H groups in total. The van der Waals surface area contributed by atoms with Crippen LogP contribution in [0.2, 0.25) is 0 Å². The van der Waals surface area contributed by atoms with Crippen molar-refractivity contribution in [3.05, 3.63) is 0 Å². The highest BCUT2D eigenvalue weighted by atomic mass is 16.5. The first kappa shape index (κ1) is 14.9. The number of ether oxygens (including phenoxy) is 1. The van der Waals surface area contributed by atoms with Crippen molar-refractivity contribution in [1.82, 2.24) is 10.2 Å². The van der Waals surface area contributed by atoms with Gasteiger partial charge < -0.3 is 15.0 Å². The molecule has 1 rings (SSSR count). The molecule has 1 aliphatic rings. The number of nitrogens with one attached hydrogen (secondary N) is 1. The molecule has 0 aliphatic carbocycles. The predicted octanol–water partition coefficient (Wildman–Crippen LogP) is 1.98. The van der Waals surface area contributed by atoms with Gasteiger partial charge in [-0.1, -0.05) is 27.7 Å². The lowest BCUT2D eigenvalue weighted by atomic mass is 10.0. The second-order valence-corrected chi connectivity index (χ2v) is 6.45. The van der Waals surface area contributed by atoms with E-state index in [4.69, 9.17) is 4.74 Å². The standard InChI is InChI=1S/C14H30N2O/c1-12(2)8-16(9-13(3)4)6-7-17-14(5)10-15-11-14/h12-13,15H,6-11H2,1-5H3. The number of rotatable bonds is 8. The topological polar surface area (TPSA) is 24.5 Å². The van der Waals surface area contributed by atoms with Crippen molar-refractivity contribution >= 4 is 0 Å². The summed E-state index contributed by atoms with van der Waals surface area (Å²) in [6.45, 7) is 17.6. The van der Waals surface area contributed by atoms with E-state index in [0.717, 1.165) is 38.1 Å². The van der Waals surface area contributed by atoms with Gasteiger partial charge in [-0.25, -0.2) is 0 Å². The second kappa shape index (κ2) is 6.72. The summed E-state index contributed by atoms with van der Waals surface area (Å²) in [5, 5.41) is 3.27. The summed E-state index contributed by atoms with van der Waals surface area (Å²) in [6.07, 6.45) is 0. The van der Waals surface area contributed by atoms with E-state index in [2.05, 4.69) is 44.8 Å². The fourth-order valence-electron chi connectivity index (χ4n) is 2.29. The molecule has 0 amide bonds. The van der Waals surface area contributed by atoms with E-state index in [-0.39, 0.29) is 5.60 Å². The quantitative estimate of drug-likeness (QED) is 0.704. The van der Waals surface area contributed by atoms with Crippen LogP contribution in [-0.4, -0.2) is 49.8 Å². The van der Waals surface area contributed by atoms with Crippen LogP contribution in [0.5, 0.6) is 0 Å². The van der Waals surface area contributed by atoms with Gasteiger partial charge in [-0.15, -0.1) is 0 Å². The molecular weight excluding hydrogens is 212 g/mol. The molecule has 0 aromatic heterocycles. The predicted molar refractivity (Wildman–Crippen MR) is 73.3 cm³/mol. The Bertz CT molecular complexity index is 202. The highest BCUT2D eigenvalue weighted by Gasteiger charge is 2.32. The van der Waals surface area contributed by atoms with E-state index < -0.39 is 0 Å². The van der Waals surface area contributed by atoms with Crippen molar-refractivity contribution in [3.63, 3.8) is 0 Å². The zero-order chi connectivity index (χ0) is 12.9. The van der Waals surface area contributed by atoms with E-state index in [9.17, 15) is 0 Å². The molecule has 1 saturated heterocycles. The molecule has 3 nitrogen and oxygen atoms in total. The van der Waals surface area contributed by atoms with Crippen LogP contribution in [0.3, 0.4) is 0 Å². The van der Waals surface area contributed by atoms with Crippen LogP contribution < -0.4 is 5.32 Å². The minimum atomic E-state index is 0.0985. The van der Waals surface area contributed by atoms with Gasteiger partial charge in [0.1, 0.15) is 0 Å². The summed E-state index contributed by atoms with van der Waals surface area (Å²) >= 11 is 0. The van der Waals surface area contributed by atoms with Gasteiger partial charge in [-0.3, -0.25) is 0 Å². The van der Waals surface area contributed by atoms with Crippen LogP contribution in [0.4, 0.5) is 0 Å². The molecule has 17 heavy (non-hydrogen) atoms. The van der Waals surface area contributed by atoms with Gasteiger partial charge in [-0.2, -0.15) is 0 Å². The Morgan fingerprint density at radius 1 is 1.12 bits per heavy atom. The summed E-state index contributed by atoms with van der Waals surface area (Å²) in [6, 6.07) is 0. The molecule has 0 spiro atoms. The zero-order valence-electron chi connectivity index (χ0n) is 12.3. The van der Waals surface area contributed by atoms with E-state index >= 15 is 0 Å². The van der Waals surface area contributed by atoms with Crippen LogP contribution in [0.1, 0.15) is 34.6 Å². The summed E-state index contributed by atoms with van der Waals surface area (Å²) in [5.74, 6) is 1.46. The highest BCUT2D eigenvalue weighted by molar-refractivity contribution is 4.90. The first-order valence-corrected chi connectivity index (χ1v) is 6.98. The third-order valence-corrected chi connectivity index (χ3v) is 3.10. The summed E-state index contributed by atoms with van der Waals surface area (Å²) in [7, 11) is 0. The van der Waals surface area contributed by atoms with Crippen LogP contribution in [-0.2, 0) is 4.74 Å². The first-order chi connectivity index (χ1) is 7.91. The van der Waals surface area contributed by atoms with E-state index in [1.54, 1.807) is 0 Å². The van der Waals surface area contributed by atoms with Crippen molar-refractivity contribution in [1.29, 1.82) is 0 Å². The average molecular weight is 242 g/mol. The third kappa shape index (κ3) is 5.84. The molecule has 1 heterocycles. The SMILES string of the molecule is CC(C)CN(CCOC1(C)CNC1)CC(C)C. The Morgan fingerprint density at radius 3 is 2.00 bits per heavy atom. The Labute approximate surface area is 107 Å². The molecule has 0 radical (unpaired) electrons. The number of hydrogen-bond donors (Lipinski definition) is 1. The van der Waals surface area contributed by atoms with Crippen LogP contribution in [0.15, 0.2) is 0 Å². The van der Waals surface area contributed by atoms with Gasteiger partial charge in [0, 0.05) is 32.7 Å². The van der Waals surface area contributed by atoms with Gasteiger partial charge in [0.05, 0.1) is 12.2 Å². The van der Waals surface area contributed by atoms with Crippen LogP contribution >= 0.6 is 0 Å². The van der Waals surface area contributed by atoms with Crippen molar-refractivity contribution in [2.45, 2.75) is 40.2 Å². The Morgan fingerprint density at radius 2 is 1.65 bits per heavy atom. The molecule has 0 saturated carbocycles. The van der Waals surface area contributed by atoms with Gasteiger partial charge in [0.25, 0.3) is 0 Å². The molecule has 0 bridgehead atoms. The van der Waals surface area contributed by atoms with Crippen molar-refractivity contribution in [2.24, 2.45) is 11.8 Å². The minimum Gasteiger partial charge on any atom is -0.371 e.